The highest BCUT2D eigenvalue weighted by Crippen LogP contribution is 2.28. The van der Waals surface area contributed by atoms with Crippen molar-refractivity contribution >= 4 is 22.4 Å². The van der Waals surface area contributed by atoms with Crippen molar-refractivity contribution in [3.63, 3.8) is 0 Å². The van der Waals surface area contributed by atoms with E-state index in [0.717, 1.165) is 11.3 Å². The number of nitrogens with one attached hydrogen (secondary N) is 1. The van der Waals surface area contributed by atoms with E-state index in [4.69, 9.17) is 0 Å². The van der Waals surface area contributed by atoms with Gasteiger partial charge in [-0.3, -0.25) is 4.79 Å². The van der Waals surface area contributed by atoms with Gasteiger partial charge in [0.1, 0.15) is 5.82 Å². The van der Waals surface area contributed by atoms with Crippen molar-refractivity contribution in [2.24, 2.45) is 0 Å². The van der Waals surface area contributed by atoms with Gasteiger partial charge < -0.3 is 5.32 Å². The first-order valence-corrected chi connectivity index (χ1v) is 9.30. The molecule has 3 aromatic rings. The first-order valence-electron chi connectivity index (χ1n) is 8.42. The zero-order valence-corrected chi connectivity index (χ0v) is 15.9. The SMILES string of the molecule is CC(C)(C)c1ccc(-c2csc(NC(=O)Cc3ccccc3F)n2)cc1. The van der Waals surface area contributed by atoms with Crippen LogP contribution in [0.4, 0.5) is 9.52 Å². The summed E-state index contributed by atoms with van der Waals surface area (Å²) in [5, 5.41) is 5.17. The third-order valence-corrected chi connectivity index (χ3v) is 4.86. The Morgan fingerprint density at radius 3 is 2.46 bits per heavy atom. The molecule has 0 spiro atoms. The quantitative estimate of drug-likeness (QED) is 0.667. The Morgan fingerprint density at radius 1 is 1.12 bits per heavy atom. The lowest BCUT2D eigenvalue weighted by atomic mass is 9.86. The summed E-state index contributed by atoms with van der Waals surface area (Å²) in [6.45, 7) is 6.52. The number of hydrogen-bond donors (Lipinski definition) is 1. The Kier molecular flexibility index (Phi) is 5.18. The van der Waals surface area contributed by atoms with Crippen molar-refractivity contribution in [2.75, 3.05) is 5.32 Å². The van der Waals surface area contributed by atoms with Crippen molar-refractivity contribution in [2.45, 2.75) is 32.6 Å². The van der Waals surface area contributed by atoms with Crippen LogP contribution in [0.2, 0.25) is 0 Å². The zero-order valence-electron chi connectivity index (χ0n) is 15.0. The number of benzene rings is 2. The molecule has 1 N–H and O–H groups in total. The maximum Gasteiger partial charge on any atom is 0.230 e. The first-order chi connectivity index (χ1) is 12.3. The molecule has 1 aromatic heterocycles. The molecule has 2 aromatic carbocycles. The van der Waals surface area contributed by atoms with Gasteiger partial charge in [0.05, 0.1) is 12.1 Å². The van der Waals surface area contributed by atoms with Crippen LogP contribution in [-0.4, -0.2) is 10.9 Å². The van der Waals surface area contributed by atoms with Crippen molar-refractivity contribution < 1.29 is 9.18 Å². The Balaban J connectivity index is 1.68. The summed E-state index contributed by atoms with van der Waals surface area (Å²) >= 11 is 1.36. The molecule has 3 rings (SSSR count). The maximum absolute atomic E-state index is 13.6. The summed E-state index contributed by atoms with van der Waals surface area (Å²) in [5.74, 6) is -0.652. The highest BCUT2D eigenvalue weighted by molar-refractivity contribution is 7.14. The Hall–Kier alpha value is -2.53. The topological polar surface area (TPSA) is 42.0 Å². The van der Waals surface area contributed by atoms with Crippen molar-refractivity contribution in [1.82, 2.24) is 4.98 Å². The standard InChI is InChI=1S/C21H21FN2OS/c1-21(2,3)16-10-8-14(9-11-16)18-13-26-20(23-18)24-19(25)12-15-6-4-5-7-17(15)22/h4-11,13H,12H2,1-3H3,(H,23,24,25). The number of halogens is 1. The third kappa shape index (κ3) is 4.35. The van der Waals surface area contributed by atoms with E-state index >= 15 is 0 Å². The Morgan fingerprint density at radius 2 is 1.81 bits per heavy atom. The van der Waals surface area contributed by atoms with Crippen LogP contribution in [-0.2, 0) is 16.6 Å². The highest BCUT2D eigenvalue weighted by atomic mass is 32.1. The summed E-state index contributed by atoms with van der Waals surface area (Å²) in [7, 11) is 0. The van der Waals surface area contributed by atoms with Crippen molar-refractivity contribution in [3.05, 3.63) is 70.9 Å². The smallest absolute Gasteiger partial charge is 0.230 e. The highest BCUT2D eigenvalue weighted by Gasteiger charge is 2.14. The van der Waals surface area contributed by atoms with Gasteiger partial charge in [-0.2, -0.15) is 0 Å². The van der Waals surface area contributed by atoms with Gasteiger partial charge in [0.25, 0.3) is 0 Å². The molecule has 0 unspecified atom stereocenters. The number of amides is 1. The molecule has 1 heterocycles. The van der Waals surface area contributed by atoms with E-state index in [1.165, 1.54) is 23.0 Å². The van der Waals surface area contributed by atoms with E-state index < -0.39 is 0 Å². The van der Waals surface area contributed by atoms with Gasteiger partial charge in [0.2, 0.25) is 5.91 Å². The number of anilines is 1. The van der Waals surface area contributed by atoms with Crippen molar-refractivity contribution in [1.29, 1.82) is 0 Å². The van der Waals surface area contributed by atoms with E-state index in [9.17, 15) is 9.18 Å². The molecule has 3 nitrogen and oxygen atoms in total. The molecule has 1 amide bonds. The minimum Gasteiger partial charge on any atom is -0.302 e. The third-order valence-electron chi connectivity index (χ3n) is 4.11. The van der Waals surface area contributed by atoms with Crippen LogP contribution in [0.15, 0.2) is 53.9 Å². The number of nitrogens with zero attached hydrogens (tertiary/aromatic N) is 1. The Bertz CT molecular complexity index is 910. The second kappa shape index (κ2) is 7.38. The van der Waals surface area contributed by atoms with Gasteiger partial charge in [0.15, 0.2) is 5.13 Å². The second-order valence-electron chi connectivity index (χ2n) is 7.18. The number of thiazole rings is 1. The first kappa shape index (κ1) is 18.3. The molecule has 0 atom stereocenters. The number of hydrogen-bond acceptors (Lipinski definition) is 3. The lowest BCUT2D eigenvalue weighted by Crippen LogP contribution is -2.15. The lowest BCUT2D eigenvalue weighted by molar-refractivity contribution is -0.115. The average molecular weight is 368 g/mol. The summed E-state index contributed by atoms with van der Waals surface area (Å²) in [6, 6.07) is 14.6. The lowest BCUT2D eigenvalue weighted by Gasteiger charge is -2.18. The van der Waals surface area contributed by atoms with E-state index in [-0.39, 0.29) is 23.6 Å². The van der Waals surface area contributed by atoms with Crippen LogP contribution in [0.1, 0.15) is 31.9 Å². The van der Waals surface area contributed by atoms with E-state index in [1.54, 1.807) is 18.2 Å². The molecule has 134 valence electrons. The summed E-state index contributed by atoms with van der Waals surface area (Å²) in [5.41, 5.74) is 3.56. The molecule has 0 bridgehead atoms. The molecule has 0 aliphatic rings. The van der Waals surface area contributed by atoms with E-state index in [2.05, 4.69) is 43.2 Å². The van der Waals surface area contributed by atoms with E-state index in [0.29, 0.717) is 10.7 Å². The molecule has 0 aliphatic heterocycles. The minimum atomic E-state index is -0.374. The fourth-order valence-electron chi connectivity index (χ4n) is 2.58. The zero-order chi connectivity index (χ0) is 18.7. The van der Waals surface area contributed by atoms with Gasteiger partial charge >= 0.3 is 0 Å². The van der Waals surface area contributed by atoms with Gasteiger partial charge in [-0.25, -0.2) is 9.37 Å². The van der Waals surface area contributed by atoms with Gasteiger partial charge in [-0.05, 0) is 22.6 Å². The van der Waals surface area contributed by atoms with Gasteiger partial charge in [0, 0.05) is 10.9 Å². The normalized spacial score (nSPS) is 11.4. The van der Waals surface area contributed by atoms with Crippen LogP contribution in [0.25, 0.3) is 11.3 Å². The molecule has 0 radical (unpaired) electrons. The number of rotatable bonds is 4. The summed E-state index contributed by atoms with van der Waals surface area (Å²) < 4.78 is 13.6. The van der Waals surface area contributed by atoms with Crippen LogP contribution >= 0.6 is 11.3 Å². The predicted molar refractivity (Wildman–Crippen MR) is 105 cm³/mol. The van der Waals surface area contributed by atoms with Crippen LogP contribution in [0.5, 0.6) is 0 Å². The molecule has 26 heavy (non-hydrogen) atoms. The number of carbonyl (C=O) groups excluding carboxylic acids is 1. The minimum absolute atomic E-state index is 0.0120. The van der Waals surface area contributed by atoms with Crippen LogP contribution < -0.4 is 5.32 Å². The van der Waals surface area contributed by atoms with Crippen LogP contribution in [0, 0.1) is 5.82 Å². The molecular weight excluding hydrogens is 347 g/mol. The second-order valence-corrected chi connectivity index (χ2v) is 8.04. The summed E-state index contributed by atoms with van der Waals surface area (Å²) in [4.78, 5) is 16.6. The fraction of sp³-hybridized carbons (Fsp3) is 0.238. The van der Waals surface area contributed by atoms with Gasteiger partial charge in [-0.15, -0.1) is 11.3 Å². The molecule has 0 saturated heterocycles. The maximum atomic E-state index is 13.6. The molecule has 0 fully saturated rings. The number of aromatic nitrogens is 1. The monoisotopic (exact) mass is 368 g/mol. The largest absolute Gasteiger partial charge is 0.302 e. The molecular formula is C21H21FN2OS. The van der Waals surface area contributed by atoms with Crippen molar-refractivity contribution in [3.8, 4) is 11.3 Å². The molecule has 0 aliphatic carbocycles. The summed E-state index contributed by atoms with van der Waals surface area (Å²) in [6.07, 6.45) is -0.0120. The van der Waals surface area contributed by atoms with Gasteiger partial charge in [-0.1, -0.05) is 63.2 Å². The average Bonchev–Trinajstić information content (AvgIpc) is 3.05. The number of carbonyl (C=O) groups is 1. The molecule has 0 saturated carbocycles. The van der Waals surface area contributed by atoms with E-state index in [1.807, 2.05) is 17.5 Å². The van der Waals surface area contributed by atoms with Crippen LogP contribution in [0.3, 0.4) is 0 Å². The predicted octanol–water partition coefficient (Wildman–Crippen LogP) is 5.43. The Labute approximate surface area is 156 Å². The fourth-order valence-corrected chi connectivity index (χ4v) is 3.32. The molecule has 5 heteroatoms.